The first-order valence-electron chi connectivity index (χ1n) is 9.23. The Labute approximate surface area is 166 Å². The second-order valence-electron chi connectivity index (χ2n) is 6.62. The van der Waals surface area contributed by atoms with Gasteiger partial charge in [-0.3, -0.25) is 9.59 Å². The average Bonchev–Trinajstić information content (AvgIpc) is 3.45. The number of amides is 2. The molecule has 1 aliphatic heterocycles. The van der Waals surface area contributed by atoms with Crippen molar-refractivity contribution in [1.82, 2.24) is 15.7 Å². The topological polar surface area (TPSA) is 95.9 Å². The van der Waals surface area contributed by atoms with Gasteiger partial charge in [0, 0.05) is 24.7 Å². The third-order valence-electron chi connectivity index (χ3n) is 4.44. The monoisotopic (exact) mass is 399 g/mol. The van der Waals surface area contributed by atoms with Gasteiger partial charge in [-0.2, -0.15) is 5.10 Å². The number of aromatic nitrogens is 1. The zero-order valence-electron chi connectivity index (χ0n) is 15.3. The number of nitrogens with one attached hydrogen (secondary N) is 2. The Hall–Kier alpha value is -2.78. The molecule has 9 heteroatoms. The van der Waals surface area contributed by atoms with Gasteiger partial charge in [-0.15, -0.1) is 0 Å². The van der Waals surface area contributed by atoms with Gasteiger partial charge in [0.1, 0.15) is 0 Å². The zero-order valence-corrected chi connectivity index (χ0v) is 16.1. The van der Waals surface area contributed by atoms with E-state index >= 15 is 0 Å². The smallest absolute Gasteiger partial charge is 0.329 e. The van der Waals surface area contributed by atoms with Crippen LogP contribution < -0.4 is 15.6 Å². The Morgan fingerprint density at radius 3 is 2.64 bits per heavy atom. The number of nitrogens with zero attached hydrogens (tertiary/aromatic N) is 3. The van der Waals surface area contributed by atoms with Crippen LogP contribution in [0.25, 0.3) is 11.3 Å². The average molecular weight is 399 g/mol. The quantitative estimate of drug-likeness (QED) is 0.450. The highest BCUT2D eigenvalue weighted by Crippen LogP contribution is 2.32. The van der Waals surface area contributed by atoms with Crippen molar-refractivity contribution in [3.05, 3.63) is 35.2 Å². The van der Waals surface area contributed by atoms with Gasteiger partial charge >= 0.3 is 11.8 Å². The van der Waals surface area contributed by atoms with E-state index in [4.69, 9.17) is 9.72 Å². The lowest BCUT2D eigenvalue weighted by atomic mass is 10.1. The molecule has 1 aromatic heterocycles. The molecule has 0 unspecified atom stereocenters. The summed E-state index contributed by atoms with van der Waals surface area (Å²) in [6.45, 7) is 2.93. The molecule has 2 aromatic rings. The van der Waals surface area contributed by atoms with Gasteiger partial charge in [0.2, 0.25) is 0 Å². The summed E-state index contributed by atoms with van der Waals surface area (Å²) >= 11 is 1.50. The van der Waals surface area contributed by atoms with Crippen LogP contribution in [-0.2, 0) is 14.3 Å². The molecule has 0 spiro atoms. The third-order valence-corrected chi connectivity index (χ3v) is 5.49. The molecule has 1 aromatic carbocycles. The number of thiazole rings is 1. The highest BCUT2D eigenvalue weighted by atomic mass is 32.1. The fourth-order valence-corrected chi connectivity index (χ4v) is 3.79. The van der Waals surface area contributed by atoms with Crippen LogP contribution in [0.2, 0.25) is 0 Å². The maximum Gasteiger partial charge on any atom is 0.329 e. The van der Waals surface area contributed by atoms with Gasteiger partial charge in [0.15, 0.2) is 5.13 Å². The molecule has 8 nitrogen and oxygen atoms in total. The van der Waals surface area contributed by atoms with Crippen molar-refractivity contribution < 1.29 is 14.3 Å². The molecule has 2 amide bonds. The summed E-state index contributed by atoms with van der Waals surface area (Å²) in [5.41, 5.74) is 4.06. The van der Waals surface area contributed by atoms with Gasteiger partial charge in [-0.05, 0) is 12.8 Å². The largest absolute Gasteiger partial charge is 0.378 e. The molecular weight excluding hydrogens is 378 g/mol. The maximum absolute atomic E-state index is 11.8. The lowest BCUT2D eigenvalue weighted by Gasteiger charge is -2.26. The number of hydrazone groups is 1. The molecule has 2 N–H and O–H groups in total. The van der Waals surface area contributed by atoms with Gasteiger partial charge in [0.05, 0.1) is 30.0 Å². The SMILES string of the molecule is O=C(N/N=C\c1sc(N2CCOCC2)nc1-c1ccccc1)C(=O)NC1CC1. The minimum atomic E-state index is -0.762. The van der Waals surface area contributed by atoms with Crippen LogP contribution in [0.15, 0.2) is 35.4 Å². The Balaban J connectivity index is 1.51. The van der Waals surface area contributed by atoms with E-state index in [-0.39, 0.29) is 6.04 Å². The fourth-order valence-electron chi connectivity index (χ4n) is 2.78. The molecule has 28 heavy (non-hydrogen) atoms. The van der Waals surface area contributed by atoms with Crippen LogP contribution in [0.4, 0.5) is 5.13 Å². The first kappa shape index (κ1) is 18.6. The lowest BCUT2D eigenvalue weighted by Crippen LogP contribution is -2.38. The van der Waals surface area contributed by atoms with E-state index in [1.807, 2.05) is 30.3 Å². The van der Waals surface area contributed by atoms with Crippen LogP contribution in [0, 0.1) is 0 Å². The van der Waals surface area contributed by atoms with Crippen molar-refractivity contribution in [2.45, 2.75) is 18.9 Å². The second-order valence-corrected chi connectivity index (χ2v) is 7.63. The molecule has 1 saturated heterocycles. The van der Waals surface area contributed by atoms with E-state index in [1.165, 1.54) is 11.3 Å². The van der Waals surface area contributed by atoms with Crippen LogP contribution in [0.1, 0.15) is 17.7 Å². The molecule has 4 rings (SSSR count). The molecule has 0 atom stereocenters. The molecule has 146 valence electrons. The summed E-state index contributed by atoms with van der Waals surface area (Å²) in [6, 6.07) is 9.95. The van der Waals surface area contributed by atoms with Crippen LogP contribution in [-0.4, -0.2) is 55.4 Å². The van der Waals surface area contributed by atoms with Crippen molar-refractivity contribution in [2.24, 2.45) is 5.10 Å². The Kier molecular flexibility index (Phi) is 5.63. The van der Waals surface area contributed by atoms with E-state index in [0.717, 1.165) is 47.2 Å². The highest BCUT2D eigenvalue weighted by molar-refractivity contribution is 7.17. The number of carbonyl (C=O) groups excluding carboxylic acids is 2. The maximum atomic E-state index is 11.8. The van der Waals surface area contributed by atoms with Crippen LogP contribution >= 0.6 is 11.3 Å². The van der Waals surface area contributed by atoms with E-state index in [0.29, 0.717) is 13.2 Å². The first-order valence-corrected chi connectivity index (χ1v) is 10.0. The van der Waals surface area contributed by atoms with E-state index in [9.17, 15) is 9.59 Å². The second kappa shape index (κ2) is 8.49. The molecule has 0 radical (unpaired) electrons. The molecular formula is C19H21N5O3S. The van der Waals surface area contributed by atoms with Crippen molar-refractivity contribution >= 4 is 34.5 Å². The zero-order chi connectivity index (χ0) is 19.3. The Morgan fingerprint density at radius 1 is 1.18 bits per heavy atom. The molecule has 2 aliphatic rings. The highest BCUT2D eigenvalue weighted by Gasteiger charge is 2.26. The summed E-state index contributed by atoms with van der Waals surface area (Å²) < 4.78 is 5.41. The lowest BCUT2D eigenvalue weighted by molar-refractivity contribution is -0.139. The van der Waals surface area contributed by atoms with E-state index < -0.39 is 11.8 Å². The first-order chi connectivity index (χ1) is 13.7. The summed E-state index contributed by atoms with van der Waals surface area (Å²) in [7, 11) is 0. The molecule has 1 aliphatic carbocycles. The molecule has 1 saturated carbocycles. The predicted molar refractivity (Wildman–Crippen MR) is 107 cm³/mol. The fraction of sp³-hybridized carbons (Fsp3) is 0.368. The van der Waals surface area contributed by atoms with Gasteiger partial charge in [-0.25, -0.2) is 10.4 Å². The van der Waals surface area contributed by atoms with Crippen molar-refractivity contribution in [3.8, 4) is 11.3 Å². The number of morpholine rings is 1. The minimum absolute atomic E-state index is 0.129. The van der Waals surface area contributed by atoms with Crippen molar-refractivity contribution in [2.75, 3.05) is 31.2 Å². The summed E-state index contributed by atoms with van der Waals surface area (Å²) in [5, 5.41) is 7.50. The van der Waals surface area contributed by atoms with Crippen molar-refractivity contribution in [1.29, 1.82) is 0 Å². The van der Waals surface area contributed by atoms with Gasteiger partial charge in [-0.1, -0.05) is 41.7 Å². The predicted octanol–water partition coefficient (Wildman–Crippen LogP) is 1.38. The number of anilines is 1. The van der Waals surface area contributed by atoms with Crippen LogP contribution in [0.5, 0.6) is 0 Å². The number of hydrogen-bond acceptors (Lipinski definition) is 7. The summed E-state index contributed by atoms with van der Waals surface area (Å²) in [5.74, 6) is -1.41. The Bertz CT molecular complexity index is 873. The van der Waals surface area contributed by atoms with Gasteiger partial charge in [0.25, 0.3) is 0 Å². The molecule has 2 fully saturated rings. The number of benzene rings is 1. The minimum Gasteiger partial charge on any atom is -0.378 e. The van der Waals surface area contributed by atoms with E-state index in [1.54, 1.807) is 6.21 Å². The number of carbonyl (C=O) groups is 2. The van der Waals surface area contributed by atoms with E-state index in [2.05, 4.69) is 20.7 Å². The number of ether oxygens (including phenoxy) is 1. The standard InChI is InChI=1S/C19H21N5O3S/c25-17(21-14-6-7-14)18(26)23-20-12-15-16(13-4-2-1-3-5-13)22-19(28-15)24-8-10-27-11-9-24/h1-5,12,14H,6-11H2,(H,21,25)(H,23,26)/b20-12-. The van der Waals surface area contributed by atoms with Crippen LogP contribution in [0.3, 0.4) is 0 Å². The number of hydrogen-bond donors (Lipinski definition) is 2. The Morgan fingerprint density at radius 2 is 1.93 bits per heavy atom. The summed E-state index contributed by atoms with van der Waals surface area (Å²) in [6.07, 6.45) is 3.40. The molecule has 2 heterocycles. The normalized spacial score (nSPS) is 16.9. The molecule has 0 bridgehead atoms. The van der Waals surface area contributed by atoms with Crippen molar-refractivity contribution in [3.63, 3.8) is 0 Å². The number of rotatable bonds is 5. The van der Waals surface area contributed by atoms with Gasteiger partial charge < -0.3 is 15.0 Å². The summed E-state index contributed by atoms with van der Waals surface area (Å²) in [4.78, 5) is 31.3. The third kappa shape index (κ3) is 4.55.